The number of aliphatic hydroxyl groups excluding tert-OH is 2. The van der Waals surface area contributed by atoms with Gasteiger partial charge in [-0.05, 0) is 54.8 Å². The highest BCUT2D eigenvalue weighted by Gasteiger charge is 2.21. The lowest BCUT2D eigenvalue weighted by Gasteiger charge is -2.21. The maximum atomic E-state index is 10.1. The van der Waals surface area contributed by atoms with Crippen LogP contribution in [0.1, 0.15) is 29.2 Å². The van der Waals surface area contributed by atoms with Crippen LogP contribution in [0.25, 0.3) is 0 Å². The van der Waals surface area contributed by atoms with Gasteiger partial charge in [0.2, 0.25) is 0 Å². The lowest BCUT2D eigenvalue weighted by atomic mass is 9.94. The first kappa shape index (κ1) is 14.0. The summed E-state index contributed by atoms with van der Waals surface area (Å²) < 4.78 is 0.988. The Labute approximate surface area is 110 Å². The van der Waals surface area contributed by atoms with Crippen molar-refractivity contribution in [2.24, 2.45) is 0 Å². The van der Waals surface area contributed by atoms with Gasteiger partial charge >= 0.3 is 0 Å². The smallest absolute Gasteiger partial charge is 0.105 e. The van der Waals surface area contributed by atoms with Gasteiger partial charge in [-0.3, -0.25) is 0 Å². The largest absolute Gasteiger partial charge is 0.390 e. The molecule has 0 fully saturated rings. The van der Waals surface area contributed by atoms with Gasteiger partial charge in [-0.1, -0.05) is 15.9 Å². The summed E-state index contributed by atoms with van der Waals surface area (Å²) in [5, 5.41) is 19.9. The first-order valence-corrected chi connectivity index (χ1v) is 6.63. The summed E-state index contributed by atoms with van der Waals surface area (Å²) in [6.07, 6.45) is -1.10. The maximum Gasteiger partial charge on any atom is 0.105 e. The predicted octanol–water partition coefficient (Wildman–Crippen LogP) is 2.78. The molecule has 0 aliphatic rings. The number of thiol groups is 1. The molecule has 2 nitrogen and oxygen atoms in total. The molecule has 2 N–H and O–H groups in total. The quantitative estimate of drug-likeness (QED) is 0.749. The van der Waals surface area contributed by atoms with Crippen LogP contribution in [0.5, 0.6) is 0 Å². The fraction of sp³-hybridized carbons (Fsp3) is 0.500. The van der Waals surface area contributed by atoms with Gasteiger partial charge in [-0.25, -0.2) is 0 Å². The van der Waals surface area contributed by atoms with Gasteiger partial charge in [-0.2, -0.15) is 12.6 Å². The highest BCUT2D eigenvalue weighted by Crippen LogP contribution is 2.28. The molecule has 1 rings (SSSR count). The molecule has 0 spiro atoms. The molecule has 0 saturated heterocycles. The van der Waals surface area contributed by atoms with Crippen molar-refractivity contribution in [1.82, 2.24) is 0 Å². The molecule has 0 heterocycles. The average molecular weight is 305 g/mol. The van der Waals surface area contributed by atoms with Gasteiger partial charge in [0.05, 0.1) is 6.10 Å². The van der Waals surface area contributed by atoms with Crippen LogP contribution in [0, 0.1) is 13.8 Å². The normalized spacial score (nSPS) is 14.9. The van der Waals surface area contributed by atoms with E-state index in [-0.39, 0.29) is 0 Å². The van der Waals surface area contributed by atoms with Gasteiger partial charge in [0.15, 0.2) is 0 Å². The SMILES string of the molecule is Cc1cc(Br)cc(C)c1C(O)C(O)CCS. The Morgan fingerprint density at radius 1 is 1.25 bits per heavy atom. The molecule has 0 saturated carbocycles. The molecule has 0 aliphatic carbocycles. The van der Waals surface area contributed by atoms with Crippen LogP contribution in [0.3, 0.4) is 0 Å². The summed E-state index contributed by atoms with van der Waals surface area (Å²) >= 11 is 7.46. The van der Waals surface area contributed by atoms with Gasteiger partial charge < -0.3 is 10.2 Å². The number of aliphatic hydroxyl groups is 2. The molecule has 2 atom stereocenters. The lowest BCUT2D eigenvalue weighted by molar-refractivity contribution is 0.0165. The second-order valence-electron chi connectivity index (χ2n) is 3.98. The molecule has 4 heteroatoms. The van der Waals surface area contributed by atoms with Crippen molar-refractivity contribution >= 4 is 28.6 Å². The molecule has 0 aliphatic heterocycles. The zero-order chi connectivity index (χ0) is 12.3. The van der Waals surface area contributed by atoms with E-state index in [4.69, 9.17) is 0 Å². The molecule has 0 radical (unpaired) electrons. The van der Waals surface area contributed by atoms with Crippen molar-refractivity contribution in [1.29, 1.82) is 0 Å². The van der Waals surface area contributed by atoms with Crippen molar-refractivity contribution in [3.63, 3.8) is 0 Å². The van der Waals surface area contributed by atoms with Crippen LogP contribution >= 0.6 is 28.6 Å². The Morgan fingerprint density at radius 2 is 1.75 bits per heavy atom. The van der Waals surface area contributed by atoms with Gasteiger partial charge in [0.25, 0.3) is 0 Å². The third-order valence-electron chi connectivity index (χ3n) is 2.64. The number of rotatable bonds is 4. The fourth-order valence-electron chi connectivity index (χ4n) is 1.87. The summed E-state index contributed by atoms with van der Waals surface area (Å²) in [5.74, 6) is 0.562. The van der Waals surface area contributed by atoms with Crippen LogP contribution in [-0.4, -0.2) is 22.1 Å². The molecule has 1 aromatic rings. The fourth-order valence-corrected chi connectivity index (χ4v) is 2.82. The van der Waals surface area contributed by atoms with Crippen LogP contribution in [-0.2, 0) is 0 Å². The lowest BCUT2D eigenvalue weighted by Crippen LogP contribution is -2.20. The first-order chi connectivity index (χ1) is 7.47. The van der Waals surface area contributed by atoms with Crippen molar-refractivity contribution in [2.45, 2.75) is 32.5 Å². The molecule has 1 aromatic carbocycles. The minimum absolute atomic E-state index is 0.485. The standard InChI is InChI=1S/C12H17BrO2S/c1-7-5-9(13)6-8(2)11(7)12(15)10(14)3-4-16/h5-6,10,12,14-16H,3-4H2,1-2H3. The minimum atomic E-state index is -0.833. The molecule has 0 bridgehead atoms. The van der Waals surface area contributed by atoms with E-state index >= 15 is 0 Å². The highest BCUT2D eigenvalue weighted by molar-refractivity contribution is 9.10. The number of benzene rings is 1. The topological polar surface area (TPSA) is 40.5 Å². The zero-order valence-electron chi connectivity index (χ0n) is 9.44. The Balaban J connectivity index is 3.03. The Hall–Kier alpha value is -0.0300. The van der Waals surface area contributed by atoms with E-state index in [1.54, 1.807) is 0 Å². The van der Waals surface area contributed by atoms with E-state index in [0.717, 1.165) is 21.2 Å². The number of hydrogen-bond acceptors (Lipinski definition) is 3. The van der Waals surface area contributed by atoms with Crippen LogP contribution < -0.4 is 0 Å². The Kier molecular flexibility index (Phi) is 5.31. The monoisotopic (exact) mass is 304 g/mol. The molecule has 0 aromatic heterocycles. The van der Waals surface area contributed by atoms with E-state index < -0.39 is 12.2 Å². The minimum Gasteiger partial charge on any atom is -0.390 e. The number of aryl methyl sites for hydroxylation is 2. The Morgan fingerprint density at radius 3 is 2.19 bits per heavy atom. The Bertz CT molecular complexity index is 345. The zero-order valence-corrected chi connectivity index (χ0v) is 11.9. The van der Waals surface area contributed by atoms with E-state index in [9.17, 15) is 10.2 Å². The summed E-state index contributed by atoms with van der Waals surface area (Å²) in [6, 6.07) is 3.89. The van der Waals surface area contributed by atoms with Gasteiger partial charge in [0, 0.05) is 4.47 Å². The summed E-state index contributed by atoms with van der Waals surface area (Å²) in [5.41, 5.74) is 2.78. The highest BCUT2D eigenvalue weighted by atomic mass is 79.9. The van der Waals surface area contributed by atoms with Crippen molar-refractivity contribution < 1.29 is 10.2 Å². The van der Waals surface area contributed by atoms with Gasteiger partial charge in [-0.15, -0.1) is 0 Å². The van der Waals surface area contributed by atoms with Crippen LogP contribution in [0.2, 0.25) is 0 Å². The van der Waals surface area contributed by atoms with Crippen LogP contribution in [0.4, 0.5) is 0 Å². The predicted molar refractivity (Wildman–Crippen MR) is 73.1 cm³/mol. The third-order valence-corrected chi connectivity index (χ3v) is 3.36. The van der Waals surface area contributed by atoms with Crippen molar-refractivity contribution in [2.75, 3.05) is 5.75 Å². The summed E-state index contributed by atoms with van der Waals surface area (Å²) in [7, 11) is 0. The van der Waals surface area contributed by atoms with E-state index in [1.165, 1.54) is 0 Å². The summed E-state index contributed by atoms with van der Waals surface area (Å²) in [6.45, 7) is 3.87. The first-order valence-electron chi connectivity index (χ1n) is 5.21. The van der Waals surface area contributed by atoms with E-state index in [2.05, 4.69) is 28.6 Å². The molecular weight excluding hydrogens is 288 g/mol. The average Bonchev–Trinajstić information content (AvgIpc) is 2.16. The molecule has 0 amide bonds. The van der Waals surface area contributed by atoms with Crippen LogP contribution in [0.15, 0.2) is 16.6 Å². The third kappa shape index (κ3) is 3.23. The van der Waals surface area contributed by atoms with Crippen molar-refractivity contribution in [3.05, 3.63) is 33.3 Å². The number of halogens is 1. The second-order valence-corrected chi connectivity index (χ2v) is 5.34. The van der Waals surface area contributed by atoms with E-state index in [1.807, 2.05) is 26.0 Å². The summed E-state index contributed by atoms with van der Waals surface area (Å²) in [4.78, 5) is 0. The molecule has 2 unspecified atom stereocenters. The second kappa shape index (κ2) is 6.05. The van der Waals surface area contributed by atoms with E-state index in [0.29, 0.717) is 12.2 Å². The molecule has 90 valence electrons. The van der Waals surface area contributed by atoms with Gasteiger partial charge in [0.1, 0.15) is 6.10 Å². The molecular formula is C12H17BrO2S. The number of hydrogen-bond donors (Lipinski definition) is 3. The maximum absolute atomic E-state index is 10.1. The molecule has 16 heavy (non-hydrogen) atoms. The van der Waals surface area contributed by atoms with Crippen molar-refractivity contribution in [3.8, 4) is 0 Å².